The van der Waals surface area contributed by atoms with Gasteiger partial charge in [0.05, 0.1) is 10.6 Å². The number of benzene rings is 1. The molecule has 0 saturated heterocycles. The van der Waals surface area contributed by atoms with E-state index in [1.54, 1.807) is 28.1 Å². The van der Waals surface area contributed by atoms with Crippen LogP contribution in [-0.4, -0.2) is 15.3 Å². The summed E-state index contributed by atoms with van der Waals surface area (Å²) in [5.41, 5.74) is 2.21. The summed E-state index contributed by atoms with van der Waals surface area (Å²) < 4.78 is 1.77. The van der Waals surface area contributed by atoms with E-state index < -0.39 is 0 Å². The Morgan fingerprint density at radius 3 is 3.10 bits per heavy atom. The Hall–Kier alpha value is -0.910. The van der Waals surface area contributed by atoms with E-state index in [4.69, 9.17) is 16.6 Å². The van der Waals surface area contributed by atoms with Crippen molar-refractivity contribution in [2.75, 3.05) is 5.75 Å². The Morgan fingerprint density at radius 2 is 2.33 bits per heavy atom. The molecule has 0 spiro atoms. The Balaban J connectivity index is 1.88. The number of rotatable bonds is 4. The lowest BCUT2D eigenvalue weighted by molar-refractivity contribution is 0.597. The molecule has 3 rings (SSSR count). The third kappa shape index (κ3) is 3.15. The van der Waals surface area contributed by atoms with Crippen molar-refractivity contribution in [3.8, 4) is 0 Å². The summed E-state index contributed by atoms with van der Waals surface area (Å²) in [6.45, 7) is 2.64. The highest BCUT2D eigenvalue weighted by molar-refractivity contribution is 7.99. The Kier molecular flexibility index (Phi) is 4.62. The molecule has 0 saturated carbocycles. The van der Waals surface area contributed by atoms with E-state index in [1.807, 2.05) is 31.2 Å². The van der Waals surface area contributed by atoms with Gasteiger partial charge in [-0.25, -0.2) is 4.98 Å². The highest BCUT2D eigenvalue weighted by Gasteiger charge is 2.21. The van der Waals surface area contributed by atoms with Gasteiger partial charge in [0.15, 0.2) is 5.16 Å². The average Bonchev–Trinajstić information content (AvgIpc) is 2.94. The molecule has 0 bridgehead atoms. The van der Waals surface area contributed by atoms with Gasteiger partial charge >= 0.3 is 0 Å². The minimum absolute atomic E-state index is 0.110. The SMILES string of the molecule is CCn1c(SCc2cccc(Cl)c2)nc2c(c1=O)SCC2. The maximum absolute atomic E-state index is 12.4. The second kappa shape index (κ2) is 6.46. The van der Waals surface area contributed by atoms with Crippen LogP contribution in [0.3, 0.4) is 0 Å². The molecule has 0 radical (unpaired) electrons. The van der Waals surface area contributed by atoms with E-state index in [9.17, 15) is 4.79 Å². The normalized spacial score (nSPS) is 13.4. The first-order valence-electron chi connectivity index (χ1n) is 6.82. The fourth-order valence-corrected chi connectivity index (χ4v) is 4.57. The van der Waals surface area contributed by atoms with E-state index in [-0.39, 0.29) is 5.56 Å². The van der Waals surface area contributed by atoms with Gasteiger partial charge in [-0.1, -0.05) is 35.5 Å². The van der Waals surface area contributed by atoms with Gasteiger partial charge in [-0.05, 0) is 24.6 Å². The summed E-state index contributed by atoms with van der Waals surface area (Å²) >= 11 is 9.23. The van der Waals surface area contributed by atoms with Crippen molar-refractivity contribution in [2.24, 2.45) is 0 Å². The molecule has 1 aliphatic rings. The maximum Gasteiger partial charge on any atom is 0.268 e. The second-order valence-electron chi connectivity index (χ2n) is 4.74. The topological polar surface area (TPSA) is 34.9 Å². The van der Waals surface area contributed by atoms with Crippen LogP contribution in [0.1, 0.15) is 18.2 Å². The van der Waals surface area contributed by atoms with Crippen molar-refractivity contribution in [1.82, 2.24) is 9.55 Å². The van der Waals surface area contributed by atoms with Gasteiger partial charge in [0.1, 0.15) is 0 Å². The summed E-state index contributed by atoms with van der Waals surface area (Å²) in [4.78, 5) is 18.0. The van der Waals surface area contributed by atoms with Crippen molar-refractivity contribution >= 4 is 35.1 Å². The first-order valence-corrected chi connectivity index (χ1v) is 9.17. The Bertz CT molecular complexity index is 730. The highest BCUT2D eigenvalue weighted by atomic mass is 35.5. The summed E-state index contributed by atoms with van der Waals surface area (Å²) in [5, 5.41) is 1.54. The maximum atomic E-state index is 12.4. The smallest absolute Gasteiger partial charge is 0.268 e. The van der Waals surface area contributed by atoms with Crippen molar-refractivity contribution in [1.29, 1.82) is 0 Å². The molecule has 2 aromatic rings. The molecule has 1 aromatic heterocycles. The lowest BCUT2D eigenvalue weighted by Gasteiger charge is -2.11. The second-order valence-corrected chi connectivity index (χ2v) is 7.22. The minimum atomic E-state index is 0.110. The zero-order valence-corrected chi connectivity index (χ0v) is 14.0. The summed E-state index contributed by atoms with van der Waals surface area (Å²) in [5.74, 6) is 1.72. The molecule has 3 nitrogen and oxygen atoms in total. The summed E-state index contributed by atoms with van der Waals surface area (Å²) in [6.07, 6.45) is 0.893. The van der Waals surface area contributed by atoms with Crippen molar-refractivity contribution in [2.45, 2.75) is 35.7 Å². The van der Waals surface area contributed by atoms with Gasteiger partial charge in [-0.3, -0.25) is 9.36 Å². The number of fused-ring (bicyclic) bond motifs is 1. The Labute approximate surface area is 137 Å². The van der Waals surface area contributed by atoms with Gasteiger partial charge in [0.25, 0.3) is 5.56 Å². The van der Waals surface area contributed by atoms with E-state index in [1.165, 1.54) is 0 Å². The first-order chi connectivity index (χ1) is 10.2. The number of aryl methyl sites for hydroxylation is 1. The van der Waals surface area contributed by atoms with Crippen LogP contribution in [0.5, 0.6) is 0 Å². The number of nitrogens with zero attached hydrogens (tertiary/aromatic N) is 2. The van der Waals surface area contributed by atoms with Crippen LogP contribution in [0.2, 0.25) is 5.02 Å². The zero-order chi connectivity index (χ0) is 14.8. The van der Waals surface area contributed by atoms with Crippen LogP contribution in [0.15, 0.2) is 39.1 Å². The molecule has 0 amide bonds. The molecule has 21 heavy (non-hydrogen) atoms. The van der Waals surface area contributed by atoms with Crippen LogP contribution in [0, 0.1) is 0 Å². The molecule has 110 valence electrons. The molecular weight excluding hydrogens is 324 g/mol. The molecule has 2 heterocycles. The average molecular weight is 339 g/mol. The molecule has 0 atom stereocenters. The van der Waals surface area contributed by atoms with Crippen LogP contribution >= 0.6 is 35.1 Å². The molecule has 6 heteroatoms. The third-order valence-electron chi connectivity index (χ3n) is 3.32. The van der Waals surface area contributed by atoms with Gasteiger partial charge in [0, 0.05) is 29.5 Å². The number of halogens is 1. The number of hydrogen-bond donors (Lipinski definition) is 0. The summed E-state index contributed by atoms with van der Waals surface area (Å²) in [6, 6.07) is 7.79. The largest absolute Gasteiger partial charge is 0.287 e. The molecule has 1 aliphatic heterocycles. The highest BCUT2D eigenvalue weighted by Crippen LogP contribution is 2.29. The van der Waals surface area contributed by atoms with Gasteiger partial charge < -0.3 is 0 Å². The first kappa shape index (κ1) is 15.0. The fourth-order valence-electron chi connectivity index (χ4n) is 2.29. The van der Waals surface area contributed by atoms with Crippen LogP contribution in [0.4, 0.5) is 0 Å². The number of aromatic nitrogens is 2. The number of thioether (sulfide) groups is 2. The molecule has 0 aliphatic carbocycles. The van der Waals surface area contributed by atoms with Crippen molar-refractivity contribution < 1.29 is 0 Å². The van der Waals surface area contributed by atoms with Crippen LogP contribution < -0.4 is 5.56 Å². The third-order valence-corrected chi connectivity index (χ3v) is 5.71. The monoisotopic (exact) mass is 338 g/mol. The molecule has 0 fully saturated rings. The minimum Gasteiger partial charge on any atom is -0.287 e. The molecular formula is C15H15ClN2OS2. The van der Waals surface area contributed by atoms with Gasteiger partial charge in [0.2, 0.25) is 0 Å². The van der Waals surface area contributed by atoms with E-state index in [2.05, 4.69) is 0 Å². The fraction of sp³-hybridized carbons (Fsp3) is 0.333. The van der Waals surface area contributed by atoms with E-state index >= 15 is 0 Å². The van der Waals surface area contributed by atoms with Crippen molar-refractivity contribution in [3.05, 3.63) is 50.9 Å². The zero-order valence-electron chi connectivity index (χ0n) is 11.6. The summed E-state index contributed by atoms with van der Waals surface area (Å²) in [7, 11) is 0. The van der Waals surface area contributed by atoms with Crippen LogP contribution in [-0.2, 0) is 18.7 Å². The van der Waals surface area contributed by atoms with Gasteiger partial charge in [-0.15, -0.1) is 11.8 Å². The standard InChI is InChI=1S/C15H15ClN2OS2/c1-2-18-14(19)13-12(6-7-20-13)17-15(18)21-9-10-4-3-5-11(16)8-10/h3-5,8H,2,6-7,9H2,1H3. The van der Waals surface area contributed by atoms with Crippen LogP contribution in [0.25, 0.3) is 0 Å². The molecule has 0 N–H and O–H groups in total. The lowest BCUT2D eigenvalue weighted by atomic mass is 10.2. The van der Waals surface area contributed by atoms with E-state index in [0.29, 0.717) is 6.54 Å². The quantitative estimate of drug-likeness (QED) is 0.626. The predicted molar refractivity (Wildman–Crippen MR) is 89.6 cm³/mol. The van der Waals surface area contributed by atoms with E-state index in [0.717, 1.165) is 44.3 Å². The molecule has 0 unspecified atom stereocenters. The van der Waals surface area contributed by atoms with Gasteiger partial charge in [-0.2, -0.15) is 0 Å². The Morgan fingerprint density at radius 1 is 1.48 bits per heavy atom. The lowest BCUT2D eigenvalue weighted by Crippen LogP contribution is -2.24. The molecule has 1 aromatic carbocycles. The number of hydrogen-bond acceptors (Lipinski definition) is 4. The predicted octanol–water partition coefficient (Wildman–Crippen LogP) is 3.86. The van der Waals surface area contributed by atoms with Crippen molar-refractivity contribution in [3.63, 3.8) is 0 Å².